The number of benzene rings is 3. The number of nitrogens with zero attached hydrogens (tertiary/aromatic N) is 2. The SMILES string of the molecule is Cc1cc(CC(=O)N2CCc3cc4ccc3C2c2cccc(c2)OCCCNC(=O)Cc2ccc(F)c(c2)O4)on1. The van der Waals surface area contributed by atoms with Gasteiger partial charge in [-0.25, -0.2) is 4.39 Å². The van der Waals surface area contributed by atoms with E-state index in [1.54, 1.807) is 24.3 Å². The molecule has 3 aliphatic rings. The summed E-state index contributed by atoms with van der Waals surface area (Å²) in [5.41, 5.74) is 4.25. The quantitative estimate of drug-likeness (QED) is 0.371. The van der Waals surface area contributed by atoms with Gasteiger partial charge in [0.2, 0.25) is 11.8 Å². The van der Waals surface area contributed by atoms with E-state index < -0.39 is 5.82 Å². The van der Waals surface area contributed by atoms with Gasteiger partial charge in [0.05, 0.1) is 31.2 Å². The Morgan fingerprint density at radius 1 is 1.10 bits per heavy atom. The van der Waals surface area contributed by atoms with Gasteiger partial charge in [-0.15, -0.1) is 0 Å². The third-order valence-corrected chi connectivity index (χ3v) is 7.34. The Labute approximate surface area is 237 Å². The van der Waals surface area contributed by atoms with Gasteiger partial charge in [0.15, 0.2) is 11.6 Å². The summed E-state index contributed by atoms with van der Waals surface area (Å²) >= 11 is 0. The molecule has 3 aromatic carbocycles. The van der Waals surface area contributed by atoms with Gasteiger partial charge in [-0.1, -0.05) is 29.4 Å². The molecule has 210 valence electrons. The second kappa shape index (κ2) is 11.4. The lowest BCUT2D eigenvalue weighted by Gasteiger charge is -2.38. The van der Waals surface area contributed by atoms with E-state index in [0.717, 1.165) is 22.4 Å². The molecular weight excluding hydrogens is 525 g/mol. The van der Waals surface area contributed by atoms with E-state index in [-0.39, 0.29) is 36.4 Å². The molecule has 1 atom stereocenters. The number of nitrogens with one attached hydrogen (secondary N) is 1. The van der Waals surface area contributed by atoms with Gasteiger partial charge < -0.3 is 24.2 Å². The summed E-state index contributed by atoms with van der Waals surface area (Å²) in [6.45, 7) is 3.16. The topological polar surface area (TPSA) is 93.9 Å². The van der Waals surface area contributed by atoms with Crippen molar-refractivity contribution in [1.82, 2.24) is 15.4 Å². The highest BCUT2D eigenvalue weighted by atomic mass is 19.1. The summed E-state index contributed by atoms with van der Waals surface area (Å²) in [7, 11) is 0. The first-order chi connectivity index (χ1) is 19.9. The van der Waals surface area contributed by atoms with Crippen molar-refractivity contribution < 1.29 is 28.0 Å². The van der Waals surface area contributed by atoms with Crippen LogP contribution in [0.4, 0.5) is 4.39 Å². The van der Waals surface area contributed by atoms with Crippen molar-refractivity contribution in [3.63, 3.8) is 0 Å². The summed E-state index contributed by atoms with van der Waals surface area (Å²) in [6, 6.07) is 19.2. The minimum atomic E-state index is -0.510. The molecule has 1 aromatic heterocycles. The maximum absolute atomic E-state index is 14.7. The van der Waals surface area contributed by atoms with Crippen LogP contribution in [0.5, 0.6) is 17.2 Å². The van der Waals surface area contributed by atoms with Crippen LogP contribution in [0.2, 0.25) is 0 Å². The van der Waals surface area contributed by atoms with Gasteiger partial charge in [-0.05, 0) is 78.4 Å². The molecule has 2 amide bonds. The van der Waals surface area contributed by atoms with Crippen molar-refractivity contribution in [1.29, 1.82) is 0 Å². The van der Waals surface area contributed by atoms with E-state index in [0.29, 0.717) is 55.4 Å². The fraction of sp³-hybridized carbons (Fsp3) is 0.281. The van der Waals surface area contributed by atoms with Crippen LogP contribution in [-0.4, -0.2) is 41.6 Å². The lowest BCUT2D eigenvalue weighted by molar-refractivity contribution is -0.132. The third kappa shape index (κ3) is 5.94. The molecule has 8 nitrogen and oxygen atoms in total. The maximum atomic E-state index is 14.7. The van der Waals surface area contributed by atoms with Crippen LogP contribution in [0.1, 0.15) is 46.2 Å². The molecule has 0 saturated carbocycles. The number of hydrogen-bond acceptors (Lipinski definition) is 6. The van der Waals surface area contributed by atoms with E-state index >= 15 is 0 Å². The zero-order chi connectivity index (χ0) is 28.3. The first kappa shape index (κ1) is 26.6. The molecule has 1 N–H and O–H groups in total. The van der Waals surface area contributed by atoms with Crippen molar-refractivity contribution in [2.24, 2.45) is 0 Å². The second-order valence-corrected chi connectivity index (χ2v) is 10.4. The highest BCUT2D eigenvalue weighted by Crippen LogP contribution is 2.39. The molecule has 3 aliphatic heterocycles. The highest BCUT2D eigenvalue weighted by Gasteiger charge is 2.33. The zero-order valence-electron chi connectivity index (χ0n) is 22.7. The van der Waals surface area contributed by atoms with Crippen LogP contribution in [0.25, 0.3) is 0 Å². The standard InChI is InChI=1S/C32H30FN3O5/c1-20-14-26(41-35-20)19-31(38)36-12-10-22-17-25-7-8-27(22)32(36)23-4-2-5-24(18-23)39-13-3-11-34-30(37)16-21-6-9-28(33)29(15-21)40-25/h2,4-9,14-15,17-18,32H,3,10-13,16,19H2,1H3,(H,34,37). The molecule has 8 bridgehead atoms. The highest BCUT2D eigenvalue weighted by molar-refractivity contribution is 5.80. The Bertz CT molecular complexity index is 1600. The van der Waals surface area contributed by atoms with Crippen LogP contribution in [0.3, 0.4) is 0 Å². The molecule has 0 spiro atoms. The van der Waals surface area contributed by atoms with E-state index in [1.807, 2.05) is 48.2 Å². The van der Waals surface area contributed by atoms with Crippen molar-refractivity contribution in [2.45, 2.75) is 38.6 Å². The fourth-order valence-electron chi connectivity index (χ4n) is 5.42. The Morgan fingerprint density at radius 2 is 2.00 bits per heavy atom. The monoisotopic (exact) mass is 555 g/mol. The molecule has 0 radical (unpaired) electrons. The number of hydrogen-bond donors (Lipinski definition) is 1. The maximum Gasteiger partial charge on any atom is 0.231 e. The minimum absolute atomic E-state index is 0.0563. The summed E-state index contributed by atoms with van der Waals surface area (Å²) < 4.78 is 32.0. The number of fused-ring (bicyclic) bond motifs is 7. The van der Waals surface area contributed by atoms with E-state index in [4.69, 9.17) is 14.0 Å². The molecule has 7 rings (SSSR count). The average Bonchev–Trinajstić information content (AvgIpc) is 3.37. The molecule has 0 saturated heterocycles. The summed E-state index contributed by atoms with van der Waals surface area (Å²) in [6.07, 6.45) is 1.43. The van der Waals surface area contributed by atoms with E-state index in [2.05, 4.69) is 10.5 Å². The van der Waals surface area contributed by atoms with Crippen LogP contribution < -0.4 is 14.8 Å². The van der Waals surface area contributed by atoms with Crippen molar-refractivity contribution in [3.8, 4) is 17.2 Å². The number of carbonyl (C=O) groups excluding carboxylic acids is 2. The Morgan fingerprint density at radius 3 is 2.85 bits per heavy atom. The number of aryl methyl sites for hydroxylation is 1. The third-order valence-electron chi connectivity index (χ3n) is 7.34. The number of carbonyl (C=O) groups is 2. The molecule has 4 heterocycles. The lowest BCUT2D eigenvalue weighted by Crippen LogP contribution is -2.41. The molecule has 4 aromatic rings. The van der Waals surface area contributed by atoms with Crippen LogP contribution in [0, 0.1) is 12.7 Å². The van der Waals surface area contributed by atoms with Crippen molar-refractivity contribution in [2.75, 3.05) is 19.7 Å². The van der Waals surface area contributed by atoms with Crippen molar-refractivity contribution in [3.05, 3.63) is 106 Å². The number of aromatic nitrogens is 1. The predicted molar refractivity (Wildman–Crippen MR) is 148 cm³/mol. The van der Waals surface area contributed by atoms with E-state index in [9.17, 15) is 14.0 Å². The first-order valence-corrected chi connectivity index (χ1v) is 13.7. The normalized spacial score (nSPS) is 17.0. The minimum Gasteiger partial charge on any atom is -0.494 e. The number of amides is 2. The zero-order valence-corrected chi connectivity index (χ0v) is 22.7. The van der Waals surface area contributed by atoms with Gasteiger partial charge in [-0.3, -0.25) is 9.59 Å². The number of halogens is 1. The van der Waals surface area contributed by atoms with Gasteiger partial charge in [0, 0.05) is 19.2 Å². The molecule has 0 aliphatic carbocycles. The summed E-state index contributed by atoms with van der Waals surface area (Å²) in [5, 5.41) is 6.80. The van der Waals surface area contributed by atoms with Gasteiger partial charge in [-0.2, -0.15) is 0 Å². The largest absolute Gasteiger partial charge is 0.494 e. The van der Waals surface area contributed by atoms with Crippen LogP contribution in [-0.2, 0) is 28.9 Å². The Balaban J connectivity index is 1.38. The van der Waals surface area contributed by atoms with Crippen LogP contribution >= 0.6 is 0 Å². The first-order valence-electron chi connectivity index (χ1n) is 13.7. The fourth-order valence-corrected chi connectivity index (χ4v) is 5.42. The number of ether oxygens (including phenoxy) is 2. The van der Waals surface area contributed by atoms with Crippen molar-refractivity contribution >= 4 is 11.8 Å². The molecule has 9 heteroatoms. The lowest BCUT2D eigenvalue weighted by atomic mass is 9.87. The molecule has 0 fully saturated rings. The molecule has 1 unspecified atom stereocenters. The van der Waals surface area contributed by atoms with Gasteiger partial charge in [0.1, 0.15) is 17.3 Å². The Hall–Kier alpha value is -4.66. The Kier molecular flexibility index (Phi) is 7.41. The molecule has 41 heavy (non-hydrogen) atoms. The second-order valence-electron chi connectivity index (χ2n) is 10.4. The summed E-state index contributed by atoms with van der Waals surface area (Å²) in [4.78, 5) is 27.9. The summed E-state index contributed by atoms with van der Waals surface area (Å²) in [5.74, 6) is 0.999. The number of rotatable bonds is 2. The smallest absolute Gasteiger partial charge is 0.231 e. The van der Waals surface area contributed by atoms with Gasteiger partial charge in [0.25, 0.3) is 0 Å². The van der Waals surface area contributed by atoms with Crippen LogP contribution in [0.15, 0.2) is 71.3 Å². The van der Waals surface area contributed by atoms with Gasteiger partial charge >= 0.3 is 0 Å². The van der Waals surface area contributed by atoms with E-state index in [1.165, 1.54) is 6.07 Å². The predicted octanol–water partition coefficient (Wildman–Crippen LogP) is 5.07. The average molecular weight is 556 g/mol. The molecular formula is C32H30FN3O5.